The van der Waals surface area contributed by atoms with Crippen LogP contribution < -0.4 is 5.32 Å². The molecule has 2 aliphatic rings. The summed E-state index contributed by atoms with van der Waals surface area (Å²) in [5.74, 6) is -2.34. The summed E-state index contributed by atoms with van der Waals surface area (Å²) in [6.07, 6.45) is 0.450. The summed E-state index contributed by atoms with van der Waals surface area (Å²) in [5, 5.41) is 3.21. The van der Waals surface area contributed by atoms with Crippen LogP contribution in [0, 0.1) is 17.7 Å². The molecule has 3 atom stereocenters. The van der Waals surface area contributed by atoms with Gasteiger partial charge in [-0.15, -0.1) is 0 Å². The molecule has 0 saturated carbocycles. The first-order chi connectivity index (χ1) is 15.3. The second-order valence-corrected chi connectivity index (χ2v) is 9.31. The predicted octanol–water partition coefficient (Wildman–Crippen LogP) is 3.74. The van der Waals surface area contributed by atoms with E-state index in [9.17, 15) is 18.8 Å². The summed E-state index contributed by atoms with van der Waals surface area (Å²) in [6.45, 7) is 5.85. The Bertz CT molecular complexity index is 969. The molecule has 0 spiro atoms. The smallest absolute Gasteiger partial charge is 0.336 e. The third-order valence-electron chi connectivity index (χ3n) is 5.83. The maximum atomic E-state index is 13.6. The topological polar surface area (TPSA) is 81.7 Å². The maximum Gasteiger partial charge on any atom is 0.336 e. The Morgan fingerprint density at radius 3 is 2.56 bits per heavy atom. The first-order valence-electron chi connectivity index (χ1n) is 10.6. The molecule has 1 aromatic rings. The molecule has 0 amide bonds. The van der Waals surface area contributed by atoms with Gasteiger partial charge in [0.1, 0.15) is 18.3 Å². The zero-order chi connectivity index (χ0) is 23.4. The van der Waals surface area contributed by atoms with Gasteiger partial charge in [0.25, 0.3) is 0 Å². The Balaban J connectivity index is 2.06. The van der Waals surface area contributed by atoms with E-state index in [-0.39, 0.29) is 18.3 Å². The Morgan fingerprint density at radius 1 is 1.25 bits per heavy atom. The summed E-state index contributed by atoms with van der Waals surface area (Å²) in [4.78, 5) is 39.0. The van der Waals surface area contributed by atoms with E-state index in [1.165, 1.54) is 19.2 Å². The molecule has 0 aromatic heterocycles. The van der Waals surface area contributed by atoms with Gasteiger partial charge in [-0.25, -0.2) is 9.18 Å². The number of methoxy groups -OCH3 is 1. The molecule has 0 bridgehead atoms. The molecule has 6 nitrogen and oxygen atoms in total. The van der Waals surface area contributed by atoms with Crippen LogP contribution in [-0.2, 0) is 23.9 Å². The number of halogens is 1. The van der Waals surface area contributed by atoms with E-state index in [0.717, 1.165) is 5.75 Å². The lowest BCUT2D eigenvalue weighted by Gasteiger charge is -2.38. The van der Waals surface area contributed by atoms with E-state index in [4.69, 9.17) is 9.47 Å². The first kappa shape index (κ1) is 24.0. The minimum atomic E-state index is -0.958. The highest BCUT2D eigenvalue weighted by Crippen LogP contribution is 2.45. The van der Waals surface area contributed by atoms with E-state index in [0.29, 0.717) is 40.3 Å². The molecule has 3 rings (SSSR count). The average molecular weight is 462 g/mol. The summed E-state index contributed by atoms with van der Waals surface area (Å²) in [7, 11) is 1.25. The van der Waals surface area contributed by atoms with Gasteiger partial charge >= 0.3 is 11.9 Å². The van der Waals surface area contributed by atoms with Gasteiger partial charge in [-0.1, -0.05) is 26.0 Å². The Kier molecular flexibility index (Phi) is 7.77. The third-order valence-corrected chi connectivity index (χ3v) is 6.69. The summed E-state index contributed by atoms with van der Waals surface area (Å²) in [5.41, 5.74) is 2.48. The lowest BCUT2D eigenvalue weighted by molar-refractivity contribution is -0.151. The fourth-order valence-electron chi connectivity index (χ4n) is 4.36. The molecule has 0 radical (unpaired) electrons. The van der Waals surface area contributed by atoms with Crippen molar-refractivity contribution in [2.75, 3.05) is 25.2 Å². The highest BCUT2D eigenvalue weighted by atomic mass is 32.2. The SMILES string of the molecule is CCSCCOC(=O)C1=C(C)NC2=C(C(=O)C(C(=O)OC)C(C)C2)C1c1ccc(F)cc1. The number of hydrogen-bond donors (Lipinski definition) is 1. The predicted molar refractivity (Wildman–Crippen MR) is 120 cm³/mol. The van der Waals surface area contributed by atoms with Crippen molar-refractivity contribution in [1.29, 1.82) is 0 Å². The van der Waals surface area contributed by atoms with Gasteiger partial charge in [0, 0.05) is 28.6 Å². The van der Waals surface area contributed by atoms with Crippen LogP contribution in [0.3, 0.4) is 0 Å². The first-order valence-corrected chi connectivity index (χ1v) is 11.8. The van der Waals surface area contributed by atoms with Crippen LogP contribution in [0.1, 0.15) is 38.7 Å². The number of hydrogen-bond acceptors (Lipinski definition) is 7. The number of thioether (sulfide) groups is 1. The number of ether oxygens (including phenoxy) is 2. The number of carbonyl (C=O) groups is 3. The summed E-state index contributed by atoms with van der Waals surface area (Å²) >= 11 is 1.66. The van der Waals surface area contributed by atoms with Crippen molar-refractivity contribution in [2.45, 2.75) is 33.1 Å². The van der Waals surface area contributed by atoms with Gasteiger partial charge in [-0.05, 0) is 42.7 Å². The fourth-order valence-corrected chi connectivity index (χ4v) is 4.84. The number of Topliss-reactive ketones (excluding diaryl/α,β-unsaturated/α-hetero) is 1. The van der Waals surface area contributed by atoms with Crippen LogP contribution in [-0.4, -0.2) is 42.9 Å². The van der Waals surface area contributed by atoms with Crippen molar-refractivity contribution in [1.82, 2.24) is 5.32 Å². The minimum absolute atomic E-state index is 0.242. The largest absolute Gasteiger partial charge is 0.468 e. The van der Waals surface area contributed by atoms with Crippen LogP contribution >= 0.6 is 11.8 Å². The molecule has 1 aliphatic heterocycles. The Morgan fingerprint density at radius 2 is 1.94 bits per heavy atom. The Hall–Kier alpha value is -2.61. The van der Waals surface area contributed by atoms with E-state index < -0.39 is 29.6 Å². The zero-order valence-electron chi connectivity index (χ0n) is 18.7. The normalized spacial score (nSPS) is 22.9. The molecule has 172 valence electrons. The monoisotopic (exact) mass is 461 g/mol. The van der Waals surface area contributed by atoms with Gasteiger partial charge in [-0.2, -0.15) is 11.8 Å². The van der Waals surface area contributed by atoms with Gasteiger partial charge in [-0.3, -0.25) is 9.59 Å². The number of ketones is 1. The van der Waals surface area contributed by atoms with Crippen LogP contribution in [0.2, 0.25) is 0 Å². The van der Waals surface area contributed by atoms with Crippen molar-refractivity contribution >= 4 is 29.5 Å². The molecule has 1 aromatic carbocycles. The van der Waals surface area contributed by atoms with Crippen LogP contribution in [0.5, 0.6) is 0 Å². The van der Waals surface area contributed by atoms with Gasteiger partial charge in [0.05, 0.1) is 12.7 Å². The van der Waals surface area contributed by atoms with Gasteiger partial charge in [0.15, 0.2) is 5.78 Å². The molecule has 8 heteroatoms. The number of benzene rings is 1. The van der Waals surface area contributed by atoms with Crippen LogP contribution in [0.4, 0.5) is 4.39 Å². The molecule has 1 heterocycles. The Labute approximate surface area is 191 Å². The van der Waals surface area contributed by atoms with Gasteiger partial charge in [0.2, 0.25) is 0 Å². The lowest BCUT2D eigenvalue weighted by atomic mass is 9.69. The number of carbonyl (C=O) groups excluding carboxylic acids is 3. The summed E-state index contributed by atoms with van der Waals surface area (Å²) < 4.78 is 24.0. The average Bonchev–Trinajstić information content (AvgIpc) is 2.76. The molecule has 32 heavy (non-hydrogen) atoms. The third kappa shape index (κ3) is 4.75. The van der Waals surface area contributed by atoms with Gasteiger partial charge < -0.3 is 14.8 Å². The quantitative estimate of drug-likeness (QED) is 0.376. The number of rotatable bonds is 7. The molecule has 3 unspecified atom stereocenters. The molecule has 0 saturated heterocycles. The van der Waals surface area contributed by atoms with E-state index in [1.807, 2.05) is 13.8 Å². The second-order valence-electron chi connectivity index (χ2n) is 7.92. The highest BCUT2D eigenvalue weighted by Gasteiger charge is 2.47. The molecule has 1 aliphatic carbocycles. The lowest BCUT2D eigenvalue weighted by Crippen LogP contribution is -2.43. The van der Waals surface area contributed by atoms with Crippen molar-refractivity contribution in [3.05, 3.63) is 58.2 Å². The second kappa shape index (κ2) is 10.3. The highest BCUT2D eigenvalue weighted by molar-refractivity contribution is 7.99. The van der Waals surface area contributed by atoms with Crippen molar-refractivity contribution in [3.63, 3.8) is 0 Å². The molecule has 1 N–H and O–H groups in total. The van der Waals surface area contributed by atoms with Crippen LogP contribution in [0.15, 0.2) is 46.8 Å². The van der Waals surface area contributed by atoms with Crippen LogP contribution in [0.25, 0.3) is 0 Å². The number of allylic oxidation sites excluding steroid dienone is 3. The molecular formula is C24H28FNO5S. The molecule has 0 fully saturated rings. The number of nitrogens with one attached hydrogen (secondary N) is 1. The van der Waals surface area contributed by atoms with Crippen molar-refractivity contribution < 1.29 is 28.2 Å². The molecular weight excluding hydrogens is 433 g/mol. The van der Waals surface area contributed by atoms with E-state index in [1.54, 1.807) is 30.8 Å². The number of esters is 2. The fraction of sp³-hybridized carbons (Fsp3) is 0.458. The summed E-state index contributed by atoms with van der Waals surface area (Å²) in [6, 6.07) is 5.70. The standard InChI is InChI=1S/C24H28FNO5S/c1-5-32-11-10-31-24(29)19-14(3)26-17-12-13(2)18(23(28)30-4)22(27)21(17)20(19)15-6-8-16(25)9-7-15/h6-9,13,18,20,26H,5,10-12H2,1-4H3. The van der Waals surface area contributed by atoms with Crippen molar-refractivity contribution in [2.24, 2.45) is 11.8 Å². The zero-order valence-corrected chi connectivity index (χ0v) is 19.5. The number of dihydropyridines is 1. The maximum absolute atomic E-state index is 13.6. The van der Waals surface area contributed by atoms with E-state index in [2.05, 4.69) is 5.32 Å². The van der Waals surface area contributed by atoms with Crippen molar-refractivity contribution in [3.8, 4) is 0 Å². The van der Waals surface area contributed by atoms with E-state index >= 15 is 0 Å². The minimum Gasteiger partial charge on any atom is -0.468 e.